The Hall–Kier alpha value is -1.02. The molecule has 18 heavy (non-hydrogen) atoms. The number of para-hydroxylation sites is 1. The molecule has 1 aromatic carbocycles. The van der Waals surface area contributed by atoms with Crippen LogP contribution in [0.15, 0.2) is 24.3 Å². The van der Waals surface area contributed by atoms with Gasteiger partial charge in [0.2, 0.25) is 0 Å². The van der Waals surface area contributed by atoms with E-state index in [1.54, 1.807) is 0 Å². The molecule has 2 nitrogen and oxygen atoms in total. The number of nitrogens with two attached hydrogens (primary N) is 1. The van der Waals surface area contributed by atoms with Gasteiger partial charge < -0.3 is 10.1 Å². The van der Waals surface area contributed by atoms with E-state index in [0.29, 0.717) is 0 Å². The molecule has 1 fully saturated rings. The van der Waals surface area contributed by atoms with Crippen LogP contribution in [0.1, 0.15) is 51.0 Å². The van der Waals surface area contributed by atoms with Crippen LogP contribution in [0.25, 0.3) is 0 Å². The topological polar surface area (TPSA) is 25.8 Å². The molecule has 2 rings (SSSR count). The second-order valence-corrected chi connectivity index (χ2v) is 5.23. The molecule has 0 spiro atoms. The Balaban J connectivity index is 1.88. The molecule has 1 aliphatic carbocycles. The maximum atomic E-state index is 5.68. The van der Waals surface area contributed by atoms with E-state index >= 15 is 0 Å². The van der Waals surface area contributed by atoms with E-state index < -0.39 is 0 Å². The van der Waals surface area contributed by atoms with Gasteiger partial charge in [-0.1, -0.05) is 25.0 Å². The number of benzene rings is 1. The highest BCUT2D eigenvalue weighted by atomic mass is 16.5. The Kier molecular flexibility index (Phi) is 5.53. The number of hydrogen-bond donors (Lipinski definition) is 1. The lowest BCUT2D eigenvalue weighted by Crippen LogP contribution is -2.88. The van der Waals surface area contributed by atoms with Gasteiger partial charge in [-0.2, -0.15) is 0 Å². The molecular weight excluding hydrogens is 222 g/mol. The molecule has 0 heterocycles. The molecule has 0 saturated heterocycles. The minimum Gasteiger partial charge on any atom is -0.493 e. The highest BCUT2D eigenvalue weighted by Crippen LogP contribution is 2.18. The number of hydrogen-bond acceptors (Lipinski definition) is 1. The largest absolute Gasteiger partial charge is 0.493 e. The Morgan fingerprint density at radius 1 is 1.11 bits per heavy atom. The fourth-order valence-electron chi connectivity index (χ4n) is 2.81. The third kappa shape index (κ3) is 4.02. The van der Waals surface area contributed by atoms with Crippen molar-refractivity contribution >= 4 is 0 Å². The van der Waals surface area contributed by atoms with Gasteiger partial charge in [-0.25, -0.2) is 0 Å². The minimum atomic E-state index is 0.750. The summed E-state index contributed by atoms with van der Waals surface area (Å²) in [6, 6.07) is 9.26. The summed E-state index contributed by atoms with van der Waals surface area (Å²) in [4.78, 5) is 0. The van der Waals surface area contributed by atoms with Gasteiger partial charge in [0, 0.05) is 5.56 Å². The Bertz CT molecular complexity index is 343. The van der Waals surface area contributed by atoms with Gasteiger partial charge in [-0.15, -0.1) is 0 Å². The monoisotopic (exact) mass is 248 g/mol. The summed E-state index contributed by atoms with van der Waals surface area (Å²) in [5.41, 5.74) is 1.34. The first kappa shape index (κ1) is 13.4. The molecule has 2 heteroatoms. The van der Waals surface area contributed by atoms with Crippen LogP contribution in [0.2, 0.25) is 0 Å². The molecule has 1 aliphatic rings. The molecule has 2 N–H and O–H groups in total. The summed E-state index contributed by atoms with van der Waals surface area (Å²) >= 11 is 0. The van der Waals surface area contributed by atoms with Crippen LogP contribution in [0.5, 0.6) is 5.75 Å². The normalized spacial score (nSPS) is 17.4. The molecule has 0 aliphatic heterocycles. The molecule has 1 aromatic rings. The zero-order valence-corrected chi connectivity index (χ0v) is 11.5. The van der Waals surface area contributed by atoms with E-state index in [-0.39, 0.29) is 0 Å². The molecule has 0 radical (unpaired) electrons. The highest BCUT2D eigenvalue weighted by Gasteiger charge is 2.15. The van der Waals surface area contributed by atoms with Crippen LogP contribution in [-0.2, 0) is 6.54 Å². The van der Waals surface area contributed by atoms with Crippen LogP contribution in [0.3, 0.4) is 0 Å². The summed E-state index contributed by atoms with van der Waals surface area (Å²) in [7, 11) is 0. The zero-order chi connectivity index (χ0) is 12.6. The predicted molar refractivity (Wildman–Crippen MR) is 74.7 cm³/mol. The first-order valence-corrected chi connectivity index (χ1v) is 7.44. The summed E-state index contributed by atoms with van der Waals surface area (Å²) in [5, 5.41) is 2.52. The van der Waals surface area contributed by atoms with Gasteiger partial charge in [0.25, 0.3) is 0 Å². The van der Waals surface area contributed by atoms with Gasteiger partial charge in [0.1, 0.15) is 12.3 Å². The maximum absolute atomic E-state index is 5.68. The van der Waals surface area contributed by atoms with Crippen molar-refractivity contribution in [3.05, 3.63) is 29.8 Å². The van der Waals surface area contributed by atoms with Crippen LogP contribution in [0, 0.1) is 0 Å². The lowest BCUT2D eigenvalue weighted by Gasteiger charge is -2.14. The molecule has 0 bridgehead atoms. The maximum Gasteiger partial charge on any atom is 0.128 e. The van der Waals surface area contributed by atoms with Crippen molar-refractivity contribution in [3.8, 4) is 5.75 Å². The van der Waals surface area contributed by atoms with E-state index in [1.807, 2.05) is 6.92 Å². The molecule has 1 saturated carbocycles. The van der Waals surface area contributed by atoms with Crippen molar-refractivity contribution in [2.45, 2.75) is 58.0 Å². The fraction of sp³-hybridized carbons (Fsp3) is 0.625. The van der Waals surface area contributed by atoms with Crippen molar-refractivity contribution in [3.63, 3.8) is 0 Å². The van der Waals surface area contributed by atoms with Crippen LogP contribution in [-0.4, -0.2) is 12.6 Å². The van der Waals surface area contributed by atoms with Crippen LogP contribution in [0.4, 0.5) is 0 Å². The van der Waals surface area contributed by atoms with Gasteiger partial charge in [-0.3, -0.25) is 0 Å². The second kappa shape index (κ2) is 7.42. The minimum absolute atomic E-state index is 0.750. The van der Waals surface area contributed by atoms with Crippen LogP contribution < -0.4 is 10.1 Å². The third-order valence-corrected chi connectivity index (χ3v) is 3.84. The predicted octanol–water partition coefficient (Wildman–Crippen LogP) is 2.87. The second-order valence-electron chi connectivity index (χ2n) is 5.23. The Morgan fingerprint density at radius 3 is 2.56 bits per heavy atom. The molecule has 0 aromatic heterocycles. The SMILES string of the molecule is CCOc1ccccc1C[NH2+]C1CCCCCC1. The summed E-state index contributed by atoms with van der Waals surface area (Å²) < 4.78 is 5.68. The fourth-order valence-corrected chi connectivity index (χ4v) is 2.81. The highest BCUT2D eigenvalue weighted by molar-refractivity contribution is 5.32. The van der Waals surface area contributed by atoms with E-state index in [0.717, 1.165) is 24.9 Å². The lowest BCUT2D eigenvalue weighted by atomic mass is 10.1. The third-order valence-electron chi connectivity index (χ3n) is 3.84. The number of rotatable bonds is 5. The Morgan fingerprint density at radius 2 is 1.83 bits per heavy atom. The van der Waals surface area contributed by atoms with Crippen molar-refractivity contribution in [2.24, 2.45) is 0 Å². The average molecular weight is 248 g/mol. The van der Waals surface area contributed by atoms with Gasteiger partial charge >= 0.3 is 0 Å². The first-order chi connectivity index (χ1) is 8.90. The van der Waals surface area contributed by atoms with Gasteiger partial charge in [0.15, 0.2) is 0 Å². The smallest absolute Gasteiger partial charge is 0.128 e. The molecule has 0 atom stereocenters. The van der Waals surface area contributed by atoms with E-state index in [1.165, 1.54) is 44.1 Å². The lowest BCUT2D eigenvalue weighted by molar-refractivity contribution is -0.705. The van der Waals surface area contributed by atoms with Crippen LogP contribution >= 0.6 is 0 Å². The molecular formula is C16H26NO+. The van der Waals surface area contributed by atoms with E-state index in [9.17, 15) is 0 Å². The number of quaternary nitrogens is 1. The first-order valence-electron chi connectivity index (χ1n) is 7.44. The van der Waals surface area contributed by atoms with E-state index in [2.05, 4.69) is 29.6 Å². The summed E-state index contributed by atoms with van der Waals surface area (Å²) in [6.07, 6.45) is 8.45. The van der Waals surface area contributed by atoms with Gasteiger partial charge in [0.05, 0.1) is 12.6 Å². The summed E-state index contributed by atoms with van der Waals surface area (Å²) in [5.74, 6) is 1.06. The van der Waals surface area contributed by atoms with Crippen molar-refractivity contribution in [1.29, 1.82) is 0 Å². The average Bonchev–Trinajstić information content (AvgIpc) is 2.67. The molecule has 0 amide bonds. The van der Waals surface area contributed by atoms with Crippen molar-refractivity contribution < 1.29 is 10.1 Å². The van der Waals surface area contributed by atoms with Crippen molar-refractivity contribution in [2.75, 3.05) is 6.61 Å². The quantitative estimate of drug-likeness (QED) is 0.797. The Labute approximate surface area is 111 Å². The molecule has 100 valence electrons. The molecule has 0 unspecified atom stereocenters. The van der Waals surface area contributed by atoms with E-state index in [4.69, 9.17) is 4.74 Å². The zero-order valence-electron chi connectivity index (χ0n) is 11.5. The standard InChI is InChI=1S/C16H25NO/c1-2-18-16-12-8-7-9-14(16)13-17-15-10-5-3-4-6-11-15/h7-9,12,15,17H,2-6,10-11,13H2,1H3/p+1. The van der Waals surface area contributed by atoms with Crippen molar-refractivity contribution in [1.82, 2.24) is 0 Å². The summed E-state index contributed by atoms with van der Waals surface area (Å²) in [6.45, 7) is 3.85. The number of ether oxygens (including phenoxy) is 1. The van der Waals surface area contributed by atoms with Gasteiger partial charge in [-0.05, 0) is 44.7 Å².